The Kier molecular flexibility index (Phi) is 6.95. The number of rotatable bonds is 6. The average Bonchev–Trinajstić information content (AvgIpc) is 2.91. The summed E-state index contributed by atoms with van der Waals surface area (Å²) in [6.45, 7) is 12.0. The molecule has 7 heteroatoms. The molecule has 0 saturated heterocycles. The number of hydrogen-bond donors (Lipinski definition) is 2. The van der Waals surface area contributed by atoms with Gasteiger partial charge in [0.25, 0.3) is 0 Å². The van der Waals surface area contributed by atoms with Crippen LogP contribution in [0.4, 0.5) is 0 Å². The van der Waals surface area contributed by atoms with E-state index in [9.17, 15) is 0 Å². The van der Waals surface area contributed by atoms with Gasteiger partial charge in [0.2, 0.25) is 5.89 Å². The van der Waals surface area contributed by atoms with Crippen LogP contribution in [0.25, 0.3) is 0 Å². The Labute approximate surface area is 165 Å². The smallest absolute Gasteiger partial charge is 0.216 e. The highest BCUT2D eigenvalue weighted by Crippen LogP contribution is 2.29. The third kappa shape index (κ3) is 5.39. The van der Waals surface area contributed by atoms with Gasteiger partial charge in [-0.2, -0.15) is 0 Å². The van der Waals surface area contributed by atoms with Gasteiger partial charge in [0, 0.05) is 18.5 Å². The zero-order valence-electron chi connectivity index (χ0n) is 15.9. The summed E-state index contributed by atoms with van der Waals surface area (Å²) in [5, 5.41) is 7.74. The maximum atomic E-state index is 6.16. The maximum absolute atomic E-state index is 6.16. The van der Waals surface area contributed by atoms with Gasteiger partial charge in [0.1, 0.15) is 12.3 Å². The van der Waals surface area contributed by atoms with Gasteiger partial charge in [-0.1, -0.05) is 43.1 Å². The van der Waals surface area contributed by atoms with E-state index in [1.807, 2.05) is 39.0 Å². The van der Waals surface area contributed by atoms with Crippen LogP contribution in [0.1, 0.15) is 43.7 Å². The summed E-state index contributed by atoms with van der Waals surface area (Å²) in [6.07, 6.45) is 0. The van der Waals surface area contributed by atoms with E-state index in [1.165, 1.54) is 0 Å². The molecule has 1 aromatic carbocycles. The lowest BCUT2D eigenvalue weighted by atomic mass is 9.84. The molecular weight excluding hydrogens is 371 g/mol. The predicted molar refractivity (Wildman–Crippen MR) is 108 cm³/mol. The fraction of sp³-hybridized carbons (Fsp3) is 0.474. The lowest BCUT2D eigenvalue weighted by molar-refractivity contribution is 0.471. The number of aliphatic imine (C=N–C) groups is 1. The Balaban J connectivity index is 2.06. The fourth-order valence-electron chi connectivity index (χ4n) is 2.42. The van der Waals surface area contributed by atoms with Crippen LogP contribution >= 0.6 is 23.2 Å². The summed E-state index contributed by atoms with van der Waals surface area (Å²) in [7, 11) is 0. The number of guanidine groups is 1. The molecule has 5 nitrogen and oxygen atoms in total. The molecular formula is C19H26Cl2N4O. The molecule has 0 fully saturated rings. The number of aryl methyl sites for hydroxylation is 2. The Morgan fingerprint density at radius 3 is 2.50 bits per heavy atom. The van der Waals surface area contributed by atoms with Gasteiger partial charge in [-0.05, 0) is 38.5 Å². The molecule has 2 N–H and O–H groups in total. The van der Waals surface area contributed by atoms with Crippen molar-refractivity contribution in [2.24, 2.45) is 4.99 Å². The van der Waals surface area contributed by atoms with Crippen molar-refractivity contribution in [3.63, 3.8) is 0 Å². The highest BCUT2D eigenvalue weighted by Gasteiger charge is 2.22. The number of nitrogens with zero attached hydrogens (tertiary/aromatic N) is 2. The first-order valence-electron chi connectivity index (χ1n) is 8.63. The van der Waals surface area contributed by atoms with E-state index in [1.54, 1.807) is 0 Å². The fourth-order valence-corrected chi connectivity index (χ4v) is 2.72. The topological polar surface area (TPSA) is 62.5 Å². The summed E-state index contributed by atoms with van der Waals surface area (Å²) >= 11 is 12.2. The summed E-state index contributed by atoms with van der Waals surface area (Å²) in [5.41, 5.74) is 1.85. The van der Waals surface area contributed by atoms with E-state index >= 15 is 0 Å². The minimum atomic E-state index is -0.152. The second-order valence-corrected chi connectivity index (χ2v) is 7.63. The quantitative estimate of drug-likeness (QED) is 0.551. The van der Waals surface area contributed by atoms with Crippen molar-refractivity contribution in [2.45, 2.75) is 46.6 Å². The molecule has 0 atom stereocenters. The van der Waals surface area contributed by atoms with Gasteiger partial charge in [-0.15, -0.1) is 0 Å². The first-order valence-corrected chi connectivity index (χ1v) is 9.39. The number of nitrogens with one attached hydrogen (secondary N) is 2. The summed E-state index contributed by atoms with van der Waals surface area (Å²) in [6, 6.07) is 5.74. The van der Waals surface area contributed by atoms with Crippen molar-refractivity contribution in [3.05, 3.63) is 51.2 Å². The zero-order chi connectivity index (χ0) is 19.3. The van der Waals surface area contributed by atoms with Crippen LogP contribution in [0.3, 0.4) is 0 Å². The second kappa shape index (κ2) is 8.78. The van der Waals surface area contributed by atoms with Crippen molar-refractivity contribution < 1.29 is 4.42 Å². The zero-order valence-corrected chi connectivity index (χ0v) is 17.4. The molecule has 0 aliphatic heterocycles. The first-order chi connectivity index (χ1) is 12.2. The minimum Gasteiger partial charge on any atom is -0.444 e. The maximum Gasteiger partial charge on any atom is 0.216 e. The van der Waals surface area contributed by atoms with Crippen LogP contribution in [0.5, 0.6) is 0 Å². The van der Waals surface area contributed by atoms with E-state index in [2.05, 4.69) is 34.5 Å². The molecule has 0 aliphatic rings. The monoisotopic (exact) mass is 396 g/mol. The molecule has 26 heavy (non-hydrogen) atoms. The van der Waals surface area contributed by atoms with E-state index < -0.39 is 0 Å². The van der Waals surface area contributed by atoms with Gasteiger partial charge in [0.15, 0.2) is 5.96 Å². The molecule has 1 aromatic heterocycles. The molecule has 2 aromatic rings. The van der Waals surface area contributed by atoms with Crippen molar-refractivity contribution >= 4 is 29.2 Å². The lowest BCUT2D eigenvalue weighted by Crippen LogP contribution is -2.43. The number of aromatic nitrogens is 1. The normalized spacial score (nSPS) is 12.3. The largest absolute Gasteiger partial charge is 0.444 e. The number of hydrogen-bond acceptors (Lipinski definition) is 3. The van der Waals surface area contributed by atoms with E-state index in [-0.39, 0.29) is 5.41 Å². The summed E-state index contributed by atoms with van der Waals surface area (Å²) in [4.78, 5) is 8.92. The van der Waals surface area contributed by atoms with Crippen molar-refractivity contribution in [3.8, 4) is 0 Å². The first kappa shape index (κ1) is 20.6. The van der Waals surface area contributed by atoms with Crippen molar-refractivity contribution in [2.75, 3.05) is 13.1 Å². The molecule has 0 bridgehead atoms. The average molecular weight is 397 g/mol. The highest BCUT2D eigenvalue weighted by molar-refractivity contribution is 6.42. The molecule has 0 spiro atoms. The third-order valence-corrected chi connectivity index (χ3v) is 4.93. The SMILES string of the molecule is CCNC(=NCc1nc(C)c(C)o1)NCC(C)(C)c1ccc(Cl)c(Cl)c1. The van der Waals surface area contributed by atoms with E-state index in [4.69, 9.17) is 27.6 Å². The molecule has 0 saturated carbocycles. The highest BCUT2D eigenvalue weighted by atomic mass is 35.5. The summed E-state index contributed by atoms with van der Waals surface area (Å²) < 4.78 is 5.58. The molecule has 1 heterocycles. The molecule has 142 valence electrons. The van der Waals surface area contributed by atoms with Crippen LogP contribution in [0, 0.1) is 13.8 Å². The van der Waals surface area contributed by atoms with Crippen LogP contribution in [0.2, 0.25) is 10.0 Å². The van der Waals surface area contributed by atoms with Crippen LogP contribution in [-0.4, -0.2) is 24.0 Å². The Hall–Kier alpha value is -1.72. The molecule has 0 amide bonds. The van der Waals surface area contributed by atoms with Gasteiger partial charge in [0.05, 0.1) is 15.7 Å². The Bertz CT molecular complexity index is 764. The van der Waals surface area contributed by atoms with E-state index in [0.717, 1.165) is 23.6 Å². The molecule has 2 rings (SSSR count). The van der Waals surface area contributed by atoms with Gasteiger partial charge in [-0.3, -0.25) is 0 Å². The lowest BCUT2D eigenvalue weighted by Gasteiger charge is -2.27. The van der Waals surface area contributed by atoms with Gasteiger partial charge in [-0.25, -0.2) is 9.98 Å². The van der Waals surface area contributed by atoms with E-state index in [0.29, 0.717) is 35.0 Å². The second-order valence-electron chi connectivity index (χ2n) is 6.81. The van der Waals surface area contributed by atoms with Crippen LogP contribution in [0.15, 0.2) is 27.6 Å². The standard InChI is InChI=1S/C19H26Cl2N4O/c1-6-22-18(23-10-17-25-12(2)13(3)26-17)24-11-19(4,5)14-7-8-15(20)16(21)9-14/h7-9H,6,10-11H2,1-5H3,(H2,22,23,24). The Morgan fingerprint density at radius 1 is 1.19 bits per heavy atom. The van der Waals surface area contributed by atoms with Gasteiger partial charge >= 0.3 is 0 Å². The number of halogens is 2. The van der Waals surface area contributed by atoms with Crippen molar-refractivity contribution in [1.82, 2.24) is 15.6 Å². The minimum absolute atomic E-state index is 0.152. The predicted octanol–water partition coefficient (Wildman–Crippen LogP) is 4.63. The van der Waals surface area contributed by atoms with Crippen LogP contribution < -0.4 is 10.6 Å². The van der Waals surface area contributed by atoms with Gasteiger partial charge < -0.3 is 15.1 Å². The molecule has 0 radical (unpaired) electrons. The molecule has 0 aliphatic carbocycles. The Morgan fingerprint density at radius 2 is 1.92 bits per heavy atom. The van der Waals surface area contributed by atoms with Crippen molar-refractivity contribution in [1.29, 1.82) is 0 Å². The molecule has 0 unspecified atom stereocenters. The summed E-state index contributed by atoms with van der Waals surface area (Å²) in [5.74, 6) is 2.16. The van der Waals surface area contributed by atoms with Crippen LogP contribution in [-0.2, 0) is 12.0 Å². The number of oxazole rings is 1. The third-order valence-electron chi connectivity index (χ3n) is 4.19. The number of benzene rings is 1.